The first-order valence-electron chi connectivity index (χ1n) is 7.78. The number of aliphatic carboxylic acids is 1. The average Bonchev–Trinajstić information content (AvgIpc) is 2.42. The molecule has 0 aromatic heterocycles. The molecule has 0 radical (unpaired) electrons. The van der Waals surface area contributed by atoms with Gasteiger partial charge < -0.3 is 10.0 Å². The number of unbranched alkanes of at least 4 members (excludes halogenated alkanes) is 1. The molecule has 20 heavy (non-hydrogen) atoms. The highest BCUT2D eigenvalue weighted by atomic mass is 16.4. The lowest BCUT2D eigenvalue weighted by atomic mass is 9.89. The Bertz CT molecular complexity index is 339. The van der Waals surface area contributed by atoms with Crippen molar-refractivity contribution in [1.29, 1.82) is 5.26 Å². The molecular formula is C16H28N2O2. The third-order valence-electron chi connectivity index (χ3n) is 4.30. The van der Waals surface area contributed by atoms with Crippen LogP contribution in [0, 0.1) is 22.7 Å². The largest absolute Gasteiger partial charge is 0.481 e. The summed E-state index contributed by atoms with van der Waals surface area (Å²) in [6.07, 6.45) is 6.66. The Morgan fingerprint density at radius 2 is 2.00 bits per heavy atom. The summed E-state index contributed by atoms with van der Waals surface area (Å²) in [5, 5.41) is 17.7. The first kappa shape index (κ1) is 17.0. The fourth-order valence-electron chi connectivity index (χ4n) is 2.78. The third-order valence-corrected chi connectivity index (χ3v) is 4.30. The van der Waals surface area contributed by atoms with E-state index in [2.05, 4.69) is 11.0 Å². The first-order valence-corrected chi connectivity index (χ1v) is 7.78. The van der Waals surface area contributed by atoms with E-state index in [1.807, 2.05) is 13.8 Å². The molecule has 1 rings (SSSR count). The molecule has 114 valence electrons. The second-order valence-corrected chi connectivity index (χ2v) is 6.67. The molecule has 1 N–H and O–H groups in total. The van der Waals surface area contributed by atoms with Gasteiger partial charge in [-0.05, 0) is 71.5 Å². The number of carboxylic acids is 1. The van der Waals surface area contributed by atoms with Crippen LogP contribution in [0.25, 0.3) is 0 Å². The van der Waals surface area contributed by atoms with Gasteiger partial charge in [0.15, 0.2) is 0 Å². The molecule has 1 heterocycles. The summed E-state index contributed by atoms with van der Waals surface area (Å²) in [6.45, 7) is 7.33. The van der Waals surface area contributed by atoms with Crippen molar-refractivity contribution in [3.8, 4) is 6.07 Å². The number of rotatable bonds is 8. The van der Waals surface area contributed by atoms with Crippen molar-refractivity contribution in [2.45, 2.75) is 58.8 Å². The van der Waals surface area contributed by atoms with Crippen molar-refractivity contribution >= 4 is 5.97 Å². The zero-order chi connectivity index (χ0) is 15.0. The Balaban J connectivity index is 2.08. The summed E-state index contributed by atoms with van der Waals surface area (Å²) in [5.41, 5.74) is -0.191. The van der Waals surface area contributed by atoms with Crippen LogP contribution in [0.3, 0.4) is 0 Å². The summed E-state index contributed by atoms with van der Waals surface area (Å²) < 4.78 is 0. The van der Waals surface area contributed by atoms with Crippen molar-refractivity contribution in [2.24, 2.45) is 11.3 Å². The van der Waals surface area contributed by atoms with E-state index in [0.717, 1.165) is 58.2 Å². The number of hydrogen-bond acceptors (Lipinski definition) is 3. The molecule has 0 aromatic rings. The standard InChI is InChI=1S/C16H28N2O2/c1-16(2,13-17)9-3-4-10-18-11-7-14(8-12-18)5-6-15(19)20/h14H,3-12H2,1-2H3,(H,19,20). The molecule has 0 spiro atoms. The lowest BCUT2D eigenvalue weighted by Crippen LogP contribution is -2.34. The van der Waals surface area contributed by atoms with Crippen LogP contribution in [-0.2, 0) is 4.79 Å². The molecule has 0 amide bonds. The van der Waals surface area contributed by atoms with E-state index >= 15 is 0 Å². The van der Waals surface area contributed by atoms with E-state index in [0.29, 0.717) is 12.3 Å². The van der Waals surface area contributed by atoms with E-state index in [9.17, 15) is 4.79 Å². The number of piperidine rings is 1. The molecule has 1 fully saturated rings. The first-order chi connectivity index (χ1) is 9.43. The molecule has 1 aliphatic heterocycles. The van der Waals surface area contributed by atoms with Crippen molar-refractivity contribution in [3.05, 3.63) is 0 Å². The quantitative estimate of drug-likeness (QED) is 0.693. The molecule has 0 saturated carbocycles. The fraction of sp³-hybridized carbons (Fsp3) is 0.875. The van der Waals surface area contributed by atoms with Crippen LogP contribution in [0.5, 0.6) is 0 Å². The highest BCUT2D eigenvalue weighted by molar-refractivity contribution is 5.66. The van der Waals surface area contributed by atoms with Crippen LogP contribution in [0.1, 0.15) is 58.8 Å². The highest BCUT2D eigenvalue weighted by Gasteiger charge is 2.20. The van der Waals surface area contributed by atoms with Crippen molar-refractivity contribution in [3.63, 3.8) is 0 Å². The minimum atomic E-state index is -0.674. The minimum absolute atomic E-state index is 0.191. The van der Waals surface area contributed by atoms with Gasteiger partial charge in [0.1, 0.15) is 0 Å². The smallest absolute Gasteiger partial charge is 0.303 e. The Labute approximate surface area is 122 Å². The Morgan fingerprint density at radius 3 is 2.55 bits per heavy atom. The van der Waals surface area contributed by atoms with Gasteiger partial charge in [-0.3, -0.25) is 4.79 Å². The van der Waals surface area contributed by atoms with E-state index in [-0.39, 0.29) is 5.41 Å². The van der Waals surface area contributed by atoms with Gasteiger partial charge in [-0.25, -0.2) is 0 Å². The number of nitrogens with zero attached hydrogens (tertiary/aromatic N) is 2. The van der Waals surface area contributed by atoms with Crippen LogP contribution in [0.4, 0.5) is 0 Å². The van der Waals surface area contributed by atoms with Gasteiger partial charge in [-0.15, -0.1) is 0 Å². The average molecular weight is 280 g/mol. The normalized spacial score (nSPS) is 17.9. The predicted octanol–water partition coefficient (Wildman–Crippen LogP) is 3.28. The van der Waals surface area contributed by atoms with Gasteiger partial charge in [0, 0.05) is 6.42 Å². The highest BCUT2D eigenvalue weighted by Crippen LogP contribution is 2.24. The molecule has 0 aliphatic carbocycles. The van der Waals surface area contributed by atoms with Gasteiger partial charge in [-0.2, -0.15) is 5.26 Å². The fourth-order valence-corrected chi connectivity index (χ4v) is 2.78. The summed E-state index contributed by atoms with van der Waals surface area (Å²) in [7, 11) is 0. The summed E-state index contributed by atoms with van der Waals surface area (Å²) in [6, 6.07) is 2.35. The lowest BCUT2D eigenvalue weighted by molar-refractivity contribution is -0.137. The Morgan fingerprint density at radius 1 is 1.35 bits per heavy atom. The molecule has 0 atom stereocenters. The van der Waals surface area contributed by atoms with E-state index in [1.54, 1.807) is 0 Å². The van der Waals surface area contributed by atoms with Gasteiger partial charge in [0.05, 0.1) is 11.5 Å². The predicted molar refractivity (Wildman–Crippen MR) is 79.3 cm³/mol. The van der Waals surface area contributed by atoms with E-state index in [4.69, 9.17) is 10.4 Å². The van der Waals surface area contributed by atoms with Gasteiger partial charge >= 0.3 is 5.97 Å². The Hall–Kier alpha value is -1.08. The molecule has 0 bridgehead atoms. The van der Waals surface area contributed by atoms with Crippen LogP contribution >= 0.6 is 0 Å². The van der Waals surface area contributed by atoms with Crippen LogP contribution < -0.4 is 0 Å². The maximum atomic E-state index is 10.6. The molecule has 4 nitrogen and oxygen atoms in total. The number of carbonyl (C=O) groups is 1. The maximum Gasteiger partial charge on any atom is 0.303 e. The molecule has 1 aliphatic rings. The van der Waals surface area contributed by atoms with E-state index < -0.39 is 5.97 Å². The van der Waals surface area contributed by atoms with Crippen LogP contribution in [-0.4, -0.2) is 35.6 Å². The second kappa shape index (κ2) is 8.26. The van der Waals surface area contributed by atoms with Gasteiger partial charge in [0.25, 0.3) is 0 Å². The number of carboxylic acid groups (broad SMARTS) is 1. The third kappa shape index (κ3) is 6.91. The molecule has 4 heteroatoms. The van der Waals surface area contributed by atoms with Crippen molar-refractivity contribution in [1.82, 2.24) is 4.90 Å². The topological polar surface area (TPSA) is 64.3 Å². The molecule has 1 saturated heterocycles. The lowest BCUT2D eigenvalue weighted by Gasteiger charge is -2.31. The van der Waals surface area contributed by atoms with Crippen LogP contribution in [0.15, 0.2) is 0 Å². The second-order valence-electron chi connectivity index (χ2n) is 6.67. The summed E-state index contributed by atoms with van der Waals surface area (Å²) in [4.78, 5) is 13.0. The number of hydrogen-bond donors (Lipinski definition) is 1. The van der Waals surface area contributed by atoms with E-state index in [1.165, 1.54) is 0 Å². The maximum absolute atomic E-state index is 10.6. The zero-order valence-corrected chi connectivity index (χ0v) is 12.9. The Kier molecular flexibility index (Phi) is 7.01. The molecular weight excluding hydrogens is 252 g/mol. The number of nitriles is 1. The van der Waals surface area contributed by atoms with Crippen molar-refractivity contribution in [2.75, 3.05) is 19.6 Å². The summed E-state index contributed by atoms with van der Waals surface area (Å²) >= 11 is 0. The van der Waals surface area contributed by atoms with Crippen LogP contribution in [0.2, 0.25) is 0 Å². The number of likely N-dealkylation sites (tertiary alicyclic amines) is 1. The monoisotopic (exact) mass is 280 g/mol. The zero-order valence-electron chi connectivity index (χ0n) is 12.9. The molecule has 0 unspecified atom stereocenters. The minimum Gasteiger partial charge on any atom is -0.481 e. The van der Waals surface area contributed by atoms with Crippen molar-refractivity contribution < 1.29 is 9.90 Å². The van der Waals surface area contributed by atoms with Gasteiger partial charge in [-0.1, -0.05) is 6.42 Å². The summed E-state index contributed by atoms with van der Waals surface area (Å²) in [5.74, 6) is -0.0765. The molecule has 0 aromatic carbocycles. The SMILES string of the molecule is CC(C)(C#N)CCCCN1CCC(CCC(=O)O)CC1. The van der Waals surface area contributed by atoms with Gasteiger partial charge in [0.2, 0.25) is 0 Å².